The van der Waals surface area contributed by atoms with Crippen molar-refractivity contribution < 1.29 is 22.5 Å². The van der Waals surface area contributed by atoms with Gasteiger partial charge >= 0.3 is 0 Å². The van der Waals surface area contributed by atoms with Gasteiger partial charge in [0.15, 0.2) is 0 Å². The third kappa shape index (κ3) is 2.51. The highest BCUT2D eigenvalue weighted by Crippen LogP contribution is 2.29. The Hall–Kier alpha value is -1.38. The summed E-state index contributed by atoms with van der Waals surface area (Å²) in [6, 6.07) is 5.13. The Morgan fingerprint density at radius 1 is 1.42 bits per heavy atom. The van der Waals surface area contributed by atoms with E-state index in [2.05, 4.69) is 20.8 Å². The molecular weight excluding hydrogens is 338 g/mol. The Labute approximate surface area is 118 Å². The molecule has 0 N–H and O–H groups in total. The number of para-hydroxylation sites is 1. The van der Waals surface area contributed by atoms with Crippen LogP contribution in [0.5, 0.6) is 0 Å². The first-order chi connectivity index (χ1) is 8.86. The molecule has 1 aromatic carbocycles. The van der Waals surface area contributed by atoms with Gasteiger partial charge in [-0.2, -0.15) is 0 Å². The molecule has 1 aromatic heterocycles. The van der Waals surface area contributed by atoms with Crippen LogP contribution in [0, 0.1) is 0 Å². The molecule has 2 rings (SSSR count). The van der Waals surface area contributed by atoms with Gasteiger partial charge in [-0.05, 0) is 22.0 Å². The molecule has 1 heterocycles. The van der Waals surface area contributed by atoms with Crippen molar-refractivity contribution in [3.05, 3.63) is 34.5 Å². The molecule has 0 unspecified atom stereocenters. The first-order valence-electron chi connectivity index (χ1n) is 5.10. The Bertz CT molecular complexity index is 737. The minimum absolute atomic E-state index is 0.114. The van der Waals surface area contributed by atoms with Crippen LogP contribution in [-0.4, -0.2) is 32.2 Å². The lowest BCUT2D eigenvalue weighted by atomic mass is 10.2. The van der Waals surface area contributed by atoms with Gasteiger partial charge in [0.2, 0.25) is 0 Å². The second-order valence-corrected chi connectivity index (χ2v) is 6.40. The van der Waals surface area contributed by atoms with Crippen molar-refractivity contribution in [2.24, 2.45) is 0 Å². The van der Waals surface area contributed by atoms with Crippen LogP contribution in [0.25, 0.3) is 11.0 Å². The van der Waals surface area contributed by atoms with E-state index in [9.17, 15) is 13.2 Å². The second-order valence-electron chi connectivity index (χ2n) is 3.74. The maximum atomic E-state index is 12.2. The molecule has 1 amide bonds. The summed E-state index contributed by atoms with van der Waals surface area (Å²) in [5.74, 6) is -0.804. The van der Waals surface area contributed by atoms with E-state index in [1.165, 1.54) is 6.26 Å². The van der Waals surface area contributed by atoms with Crippen molar-refractivity contribution in [3.8, 4) is 0 Å². The molecule has 2 aromatic rings. The van der Waals surface area contributed by atoms with Crippen molar-refractivity contribution in [2.45, 2.75) is 0 Å². The zero-order chi connectivity index (χ0) is 14.2. The maximum Gasteiger partial charge on any atom is 0.295 e. The number of nitrogens with zero attached hydrogens (tertiary/aromatic N) is 1. The lowest BCUT2D eigenvalue weighted by molar-refractivity contribution is -0.0277. The molecular formula is C11H10BrNO5S. The molecule has 0 saturated heterocycles. The number of benzene rings is 1. The third-order valence-electron chi connectivity index (χ3n) is 2.42. The molecule has 0 bridgehead atoms. The average molecular weight is 348 g/mol. The molecule has 0 aliphatic carbocycles. The van der Waals surface area contributed by atoms with Crippen LogP contribution < -0.4 is 0 Å². The van der Waals surface area contributed by atoms with Gasteiger partial charge in [0, 0.05) is 5.39 Å². The zero-order valence-corrected chi connectivity index (χ0v) is 12.5. The number of carbonyl (C=O) groups excluding carboxylic acids is 1. The molecule has 6 nitrogen and oxygen atoms in total. The number of furan rings is 1. The second kappa shape index (κ2) is 4.95. The molecule has 0 aliphatic heterocycles. The van der Waals surface area contributed by atoms with E-state index in [0.29, 0.717) is 19.9 Å². The van der Waals surface area contributed by atoms with Crippen molar-refractivity contribution in [1.82, 2.24) is 4.47 Å². The van der Waals surface area contributed by atoms with Crippen molar-refractivity contribution >= 4 is 42.8 Å². The Kier molecular flexibility index (Phi) is 3.66. The van der Waals surface area contributed by atoms with E-state index in [4.69, 9.17) is 4.42 Å². The maximum absolute atomic E-state index is 12.2. The third-order valence-corrected chi connectivity index (χ3v) is 3.96. The summed E-state index contributed by atoms with van der Waals surface area (Å²) >= 11 is 3.28. The van der Waals surface area contributed by atoms with Crippen LogP contribution in [0.3, 0.4) is 0 Å². The topological polar surface area (TPSA) is 76.8 Å². The first kappa shape index (κ1) is 14.0. The lowest BCUT2D eigenvalue weighted by Gasteiger charge is -2.15. The van der Waals surface area contributed by atoms with Gasteiger partial charge in [0.05, 0.1) is 23.4 Å². The molecule has 0 aliphatic rings. The number of hydroxylamine groups is 1. The van der Waals surface area contributed by atoms with Crippen LogP contribution in [-0.2, 0) is 14.9 Å². The molecule has 0 spiro atoms. The lowest BCUT2D eigenvalue weighted by Crippen LogP contribution is -2.34. The zero-order valence-electron chi connectivity index (χ0n) is 10.1. The predicted molar refractivity (Wildman–Crippen MR) is 71.9 cm³/mol. The van der Waals surface area contributed by atoms with Crippen molar-refractivity contribution in [2.75, 3.05) is 13.4 Å². The quantitative estimate of drug-likeness (QED) is 0.795. The fraction of sp³-hybridized carbons (Fsp3) is 0.182. The summed E-state index contributed by atoms with van der Waals surface area (Å²) in [7, 11) is -2.70. The summed E-state index contributed by atoms with van der Waals surface area (Å²) in [6.45, 7) is 0. The van der Waals surface area contributed by atoms with Crippen LogP contribution in [0.15, 0.2) is 33.4 Å². The van der Waals surface area contributed by atoms with E-state index >= 15 is 0 Å². The number of hydrogen-bond acceptors (Lipinski definition) is 5. The van der Waals surface area contributed by atoms with Crippen LogP contribution in [0.4, 0.5) is 0 Å². The van der Waals surface area contributed by atoms with Crippen molar-refractivity contribution in [1.29, 1.82) is 0 Å². The van der Waals surface area contributed by atoms with Crippen LogP contribution in [0.1, 0.15) is 10.4 Å². The number of carbonyl (C=O) groups is 1. The molecule has 102 valence electrons. The molecule has 19 heavy (non-hydrogen) atoms. The SMILES string of the molecule is CON(C(=O)c1coc2c(Br)cccc12)S(C)(=O)=O. The minimum atomic E-state index is -3.81. The van der Waals surface area contributed by atoms with Gasteiger partial charge in [-0.25, -0.2) is 8.42 Å². The summed E-state index contributed by atoms with van der Waals surface area (Å²) < 4.78 is 29.1. The highest BCUT2D eigenvalue weighted by atomic mass is 79.9. The number of fused-ring (bicyclic) bond motifs is 1. The Morgan fingerprint density at radius 3 is 2.68 bits per heavy atom. The number of hydrogen-bond donors (Lipinski definition) is 0. The number of amides is 1. The van der Waals surface area contributed by atoms with Gasteiger partial charge < -0.3 is 4.42 Å². The van der Waals surface area contributed by atoms with Crippen LogP contribution >= 0.6 is 15.9 Å². The Morgan fingerprint density at radius 2 is 2.11 bits per heavy atom. The highest BCUT2D eigenvalue weighted by Gasteiger charge is 2.28. The molecule has 0 fully saturated rings. The van der Waals surface area contributed by atoms with Gasteiger partial charge in [-0.3, -0.25) is 9.63 Å². The normalized spacial score (nSPS) is 11.7. The number of sulfonamides is 1. The van der Waals surface area contributed by atoms with Crippen LogP contribution in [0.2, 0.25) is 0 Å². The van der Waals surface area contributed by atoms with Gasteiger partial charge in [-0.1, -0.05) is 12.1 Å². The fourth-order valence-corrected chi connectivity index (χ4v) is 2.78. The molecule has 0 radical (unpaired) electrons. The van der Waals surface area contributed by atoms with Crippen molar-refractivity contribution in [3.63, 3.8) is 0 Å². The van der Waals surface area contributed by atoms with Gasteiger partial charge in [-0.15, -0.1) is 4.47 Å². The monoisotopic (exact) mass is 347 g/mol. The number of halogens is 1. The van der Waals surface area contributed by atoms with Gasteiger partial charge in [0.25, 0.3) is 15.9 Å². The molecule has 8 heteroatoms. The fourth-order valence-electron chi connectivity index (χ4n) is 1.65. The summed E-state index contributed by atoms with van der Waals surface area (Å²) in [5, 5.41) is 0.505. The van der Waals surface area contributed by atoms with E-state index in [0.717, 1.165) is 13.4 Å². The summed E-state index contributed by atoms with van der Waals surface area (Å²) in [6.07, 6.45) is 2.08. The number of rotatable bonds is 3. The minimum Gasteiger partial charge on any atom is -0.462 e. The molecule has 0 atom stereocenters. The van der Waals surface area contributed by atoms with E-state index in [-0.39, 0.29) is 5.56 Å². The smallest absolute Gasteiger partial charge is 0.295 e. The predicted octanol–water partition coefficient (Wildman–Crippen LogP) is 2.16. The standard InChI is InChI=1S/C11H10BrNO5S/c1-17-13(19(2,15)16)11(14)8-6-18-10-7(8)4-3-5-9(10)12/h3-6H,1-2H3. The average Bonchev–Trinajstić information content (AvgIpc) is 2.73. The largest absolute Gasteiger partial charge is 0.462 e. The first-order valence-corrected chi connectivity index (χ1v) is 7.75. The van der Waals surface area contributed by atoms with E-state index < -0.39 is 15.9 Å². The van der Waals surface area contributed by atoms with E-state index in [1.807, 2.05) is 0 Å². The van der Waals surface area contributed by atoms with E-state index in [1.54, 1.807) is 18.2 Å². The Balaban J connectivity index is 2.57. The van der Waals surface area contributed by atoms with Gasteiger partial charge in [0.1, 0.15) is 11.8 Å². The summed E-state index contributed by atoms with van der Waals surface area (Å²) in [4.78, 5) is 16.8. The molecule has 0 saturated carbocycles. The summed E-state index contributed by atoms with van der Waals surface area (Å²) in [5.41, 5.74) is 0.582. The highest BCUT2D eigenvalue weighted by molar-refractivity contribution is 9.10.